The Morgan fingerprint density at radius 3 is 2.17 bits per heavy atom. The molecule has 42 heavy (non-hydrogen) atoms. The number of carbonyl (C=O) groups is 1. The van der Waals surface area contributed by atoms with Gasteiger partial charge in [0.2, 0.25) is 0 Å². The highest BCUT2D eigenvalue weighted by Gasteiger charge is 2.32. The molecule has 0 fully saturated rings. The quantitative estimate of drug-likeness (QED) is 0.129. The summed E-state index contributed by atoms with van der Waals surface area (Å²) in [5.74, 6) is 4.71. The number of nitrogens with zero attached hydrogens (tertiary/aromatic N) is 1. The zero-order valence-corrected chi connectivity index (χ0v) is 26.6. The van der Waals surface area contributed by atoms with Gasteiger partial charge in [0.25, 0.3) is 0 Å². The molecule has 0 saturated carbocycles. The summed E-state index contributed by atoms with van der Waals surface area (Å²) in [5.41, 5.74) is 8.47. The smallest absolute Gasteiger partial charge is 0.312 e. The van der Waals surface area contributed by atoms with Crippen molar-refractivity contribution in [3.63, 3.8) is 0 Å². The number of aryl methyl sites for hydroxylation is 4. The van der Waals surface area contributed by atoms with Gasteiger partial charge >= 0.3 is 5.97 Å². The average Bonchev–Trinajstić information content (AvgIpc) is 2.97. The van der Waals surface area contributed by atoms with Gasteiger partial charge < -0.3 is 9.84 Å². The summed E-state index contributed by atoms with van der Waals surface area (Å²) >= 11 is 0. The Kier molecular flexibility index (Phi) is 12.9. The van der Waals surface area contributed by atoms with Crippen LogP contribution in [0.5, 0.6) is 0 Å². The lowest BCUT2D eigenvalue weighted by atomic mass is 9.96. The first-order valence-corrected chi connectivity index (χ1v) is 15.4. The monoisotopic (exact) mass is 567 g/mol. The van der Waals surface area contributed by atoms with E-state index in [4.69, 9.17) is 4.74 Å². The van der Waals surface area contributed by atoms with Crippen LogP contribution in [-0.2, 0) is 22.6 Å². The second kappa shape index (κ2) is 16.3. The highest BCUT2D eigenvalue weighted by Crippen LogP contribution is 2.31. The Morgan fingerprint density at radius 1 is 0.881 bits per heavy atom. The summed E-state index contributed by atoms with van der Waals surface area (Å²) in [5, 5.41) is 10.7. The topological polar surface area (TPSA) is 49.8 Å². The molecule has 4 nitrogen and oxygen atoms in total. The molecule has 0 radical (unpaired) electrons. The molecule has 0 heterocycles. The highest BCUT2D eigenvalue weighted by atomic mass is 16.5. The van der Waals surface area contributed by atoms with Gasteiger partial charge in [-0.2, -0.15) is 0 Å². The number of esters is 1. The van der Waals surface area contributed by atoms with Crippen molar-refractivity contribution in [2.45, 2.75) is 105 Å². The maximum Gasteiger partial charge on any atom is 0.312 e. The molecule has 0 spiro atoms. The standard InChI is InChI=1S/C38H49NO3/c1-8-9-10-11-15-22-36(40)31(6)38(41)42-37(33-19-13-12-14-20-33)32(7)39(25-34-21-17-16-18-28(34)3)26-35-29(4)23-27(2)24-30(35)5/h12-14,16-21,23-24,31-32,36-37,40H,8-11,25-26H2,1-7H3/t31-,32-,36+,37-/m0/s1. The zero-order valence-electron chi connectivity index (χ0n) is 26.6. The molecular formula is C38H49NO3. The van der Waals surface area contributed by atoms with Crippen LogP contribution in [0.15, 0.2) is 66.7 Å². The average molecular weight is 568 g/mol. The summed E-state index contributed by atoms with van der Waals surface area (Å²) < 4.78 is 6.28. The van der Waals surface area contributed by atoms with E-state index in [1.54, 1.807) is 6.92 Å². The van der Waals surface area contributed by atoms with Crippen molar-refractivity contribution in [3.8, 4) is 11.8 Å². The van der Waals surface area contributed by atoms with Crippen molar-refractivity contribution >= 4 is 5.97 Å². The van der Waals surface area contributed by atoms with E-state index >= 15 is 0 Å². The van der Waals surface area contributed by atoms with E-state index in [2.05, 4.69) is 94.7 Å². The number of hydrogen-bond acceptors (Lipinski definition) is 4. The fraction of sp³-hybridized carbons (Fsp3) is 0.447. The lowest BCUT2D eigenvalue weighted by Gasteiger charge is -2.36. The first-order chi connectivity index (χ1) is 20.1. The lowest BCUT2D eigenvalue weighted by Crippen LogP contribution is -2.40. The van der Waals surface area contributed by atoms with Crippen molar-refractivity contribution in [3.05, 3.63) is 106 Å². The summed E-state index contributed by atoms with van der Waals surface area (Å²) in [6, 6.07) is 22.7. The van der Waals surface area contributed by atoms with E-state index in [0.717, 1.165) is 37.8 Å². The van der Waals surface area contributed by atoms with Gasteiger partial charge in [-0.1, -0.05) is 98.0 Å². The number of aliphatic hydroxyl groups is 1. The largest absolute Gasteiger partial charge is 0.456 e. The van der Waals surface area contributed by atoms with Crippen molar-refractivity contribution in [2.24, 2.45) is 5.92 Å². The molecule has 3 aromatic rings. The molecule has 0 aromatic heterocycles. The summed E-state index contributed by atoms with van der Waals surface area (Å²) in [6.45, 7) is 16.0. The van der Waals surface area contributed by atoms with E-state index in [9.17, 15) is 9.90 Å². The third-order valence-electron chi connectivity index (χ3n) is 8.22. The molecule has 224 valence electrons. The molecule has 4 atom stereocenters. The SMILES string of the molecule is CCCCCC#C[C@@H](O)[C@H](C)C(=O)O[C@H](c1ccccc1)[C@H](C)N(Cc1ccccc1C)Cc1c(C)cc(C)cc1C. The van der Waals surface area contributed by atoms with Gasteiger partial charge in [-0.15, -0.1) is 5.92 Å². The number of carbonyl (C=O) groups excluding carboxylic acids is 1. The Balaban J connectivity index is 1.93. The fourth-order valence-electron chi connectivity index (χ4n) is 5.42. The molecule has 1 N–H and O–H groups in total. The summed E-state index contributed by atoms with van der Waals surface area (Å²) in [4.78, 5) is 15.9. The highest BCUT2D eigenvalue weighted by molar-refractivity contribution is 5.73. The van der Waals surface area contributed by atoms with Gasteiger partial charge in [-0.3, -0.25) is 9.69 Å². The Labute approximate surface area is 254 Å². The van der Waals surface area contributed by atoms with Crippen molar-refractivity contribution in [2.75, 3.05) is 0 Å². The molecule has 0 unspecified atom stereocenters. The van der Waals surface area contributed by atoms with Crippen LogP contribution in [0.4, 0.5) is 0 Å². The summed E-state index contributed by atoms with van der Waals surface area (Å²) in [6.07, 6.45) is 2.37. The van der Waals surface area contributed by atoms with E-state index in [1.165, 1.54) is 33.4 Å². The minimum atomic E-state index is -1.06. The predicted molar refractivity (Wildman–Crippen MR) is 173 cm³/mol. The van der Waals surface area contributed by atoms with E-state index in [1.807, 2.05) is 30.3 Å². The molecule has 0 amide bonds. The number of ether oxygens (including phenoxy) is 1. The van der Waals surface area contributed by atoms with Crippen molar-refractivity contribution in [1.82, 2.24) is 4.90 Å². The molecule has 0 aliphatic rings. The molecule has 3 rings (SSSR count). The molecule has 0 aliphatic heterocycles. The fourth-order valence-corrected chi connectivity index (χ4v) is 5.42. The van der Waals surface area contributed by atoms with Crippen molar-refractivity contribution in [1.29, 1.82) is 0 Å². The zero-order chi connectivity index (χ0) is 30.6. The third kappa shape index (κ3) is 9.31. The van der Waals surface area contributed by atoms with Gasteiger partial charge in [0.15, 0.2) is 0 Å². The molecular weight excluding hydrogens is 518 g/mol. The normalized spacial score (nSPS) is 14.0. The van der Waals surface area contributed by atoms with Crippen LogP contribution in [0.1, 0.15) is 91.5 Å². The number of aliphatic hydroxyl groups excluding tert-OH is 1. The second-order valence-corrected chi connectivity index (χ2v) is 11.7. The van der Waals surface area contributed by atoms with Crippen LogP contribution in [-0.4, -0.2) is 28.1 Å². The molecule has 3 aromatic carbocycles. The molecule has 0 bridgehead atoms. The van der Waals surface area contributed by atoms with E-state index in [-0.39, 0.29) is 6.04 Å². The van der Waals surface area contributed by atoms with Gasteiger partial charge in [0, 0.05) is 25.6 Å². The minimum absolute atomic E-state index is 0.152. The molecule has 4 heteroatoms. The Bertz CT molecular complexity index is 1330. The van der Waals surface area contributed by atoms with Crippen LogP contribution in [0.3, 0.4) is 0 Å². The van der Waals surface area contributed by atoms with Crippen LogP contribution < -0.4 is 0 Å². The first kappa shape index (κ1) is 33.1. The maximum absolute atomic E-state index is 13.5. The van der Waals surface area contributed by atoms with Gasteiger partial charge in [0.05, 0.1) is 5.92 Å². The Hall–Kier alpha value is -3.39. The second-order valence-electron chi connectivity index (χ2n) is 11.7. The van der Waals surface area contributed by atoms with Gasteiger partial charge in [0.1, 0.15) is 12.2 Å². The van der Waals surface area contributed by atoms with Crippen LogP contribution in [0, 0.1) is 45.5 Å². The van der Waals surface area contributed by atoms with Crippen LogP contribution in [0.2, 0.25) is 0 Å². The predicted octanol–water partition coefficient (Wildman–Crippen LogP) is 8.18. The number of hydrogen-bond donors (Lipinski definition) is 1. The molecule has 0 saturated heterocycles. The Morgan fingerprint density at radius 2 is 1.52 bits per heavy atom. The lowest BCUT2D eigenvalue weighted by molar-refractivity contribution is -0.160. The van der Waals surface area contributed by atoms with Gasteiger partial charge in [-0.05, 0) is 81.3 Å². The maximum atomic E-state index is 13.5. The van der Waals surface area contributed by atoms with Crippen LogP contribution >= 0.6 is 0 Å². The van der Waals surface area contributed by atoms with Crippen molar-refractivity contribution < 1.29 is 14.6 Å². The van der Waals surface area contributed by atoms with E-state index < -0.39 is 24.1 Å². The van der Waals surface area contributed by atoms with Gasteiger partial charge in [-0.25, -0.2) is 0 Å². The van der Waals surface area contributed by atoms with Crippen LogP contribution in [0.25, 0.3) is 0 Å². The first-order valence-electron chi connectivity index (χ1n) is 15.4. The minimum Gasteiger partial charge on any atom is -0.456 e. The van der Waals surface area contributed by atoms with E-state index in [0.29, 0.717) is 6.54 Å². The third-order valence-corrected chi connectivity index (χ3v) is 8.22. The number of benzene rings is 3. The molecule has 0 aliphatic carbocycles. The number of rotatable bonds is 13. The number of unbranched alkanes of at least 4 members (excludes halogenated alkanes) is 3. The summed E-state index contributed by atoms with van der Waals surface area (Å²) in [7, 11) is 0.